The number of aliphatic hydroxyl groups excluding tert-OH is 1. The third kappa shape index (κ3) is 7.74. The molecule has 4 heteroatoms. The molecular weight excluding hydrogens is 168 g/mol. The molecule has 0 aliphatic carbocycles. The quantitative estimate of drug-likeness (QED) is 0.568. The molecule has 0 aliphatic heterocycles. The minimum atomic E-state index is -0.306. The molecule has 4 nitrogen and oxygen atoms in total. The van der Waals surface area contributed by atoms with Gasteiger partial charge >= 0.3 is 0 Å². The Balaban J connectivity index is 3.64. The Kier molecular flexibility index (Phi) is 4.95. The van der Waals surface area contributed by atoms with Crippen LogP contribution in [-0.4, -0.2) is 29.2 Å². The molecule has 4 N–H and O–H groups in total. The summed E-state index contributed by atoms with van der Waals surface area (Å²) in [6, 6.07) is -0.173. The SMILES string of the molecule is C[C@@H](CO)NC(=O)CCC(C)(C)N. The van der Waals surface area contributed by atoms with Gasteiger partial charge in [-0.25, -0.2) is 0 Å². The molecule has 0 unspecified atom stereocenters. The van der Waals surface area contributed by atoms with Gasteiger partial charge in [0, 0.05) is 18.0 Å². The minimum absolute atomic E-state index is 0.0300. The van der Waals surface area contributed by atoms with Crippen LogP contribution in [0, 0.1) is 0 Å². The maximum atomic E-state index is 11.2. The molecule has 13 heavy (non-hydrogen) atoms. The van der Waals surface area contributed by atoms with Gasteiger partial charge in [0.15, 0.2) is 0 Å². The Morgan fingerprint density at radius 3 is 2.54 bits per heavy atom. The van der Waals surface area contributed by atoms with Crippen molar-refractivity contribution < 1.29 is 9.90 Å². The van der Waals surface area contributed by atoms with E-state index in [9.17, 15) is 4.79 Å². The van der Waals surface area contributed by atoms with Crippen LogP contribution in [0.5, 0.6) is 0 Å². The molecule has 0 aromatic carbocycles. The van der Waals surface area contributed by atoms with Crippen molar-refractivity contribution >= 4 is 5.91 Å². The van der Waals surface area contributed by atoms with Crippen molar-refractivity contribution in [3.63, 3.8) is 0 Å². The molecule has 0 spiro atoms. The van der Waals surface area contributed by atoms with E-state index in [1.165, 1.54) is 0 Å². The lowest BCUT2D eigenvalue weighted by atomic mass is 10.00. The summed E-state index contributed by atoms with van der Waals surface area (Å²) in [5.74, 6) is -0.0555. The highest BCUT2D eigenvalue weighted by molar-refractivity contribution is 5.76. The monoisotopic (exact) mass is 188 g/mol. The molecule has 0 saturated heterocycles. The summed E-state index contributed by atoms with van der Waals surface area (Å²) in [6.45, 7) is 5.49. The van der Waals surface area contributed by atoms with E-state index >= 15 is 0 Å². The van der Waals surface area contributed by atoms with Crippen molar-refractivity contribution in [1.82, 2.24) is 5.32 Å². The van der Waals surface area contributed by atoms with Gasteiger partial charge in [0.2, 0.25) is 5.91 Å². The molecule has 78 valence electrons. The zero-order valence-corrected chi connectivity index (χ0v) is 8.63. The maximum absolute atomic E-state index is 11.2. The first-order valence-electron chi connectivity index (χ1n) is 4.54. The molecule has 1 amide bonds. The van der Waals surface area contributed by atoms with Crippen molar-refractivity contribution in [3.05, 3.63) is 0 Å². The van der Waals surface area contributed by atoms with Crippen LogP contribution in [-0.2, 0) is 4.79 Å². The summed E-state index contributed by atoms with van der Waals surface area (Å²) in [5, 5.41) is 11.3. The fourth-order valence-corrected chi connectivity index (χ4v) is 0.828. The van der Waals surface area contributed by atoms with E-state index in [4.69, 9.17) is 10.8 Å². The summed E-state index contributed by atoms with van der Waals surface area (Å²) < 4.78 is 0. The van der Waals surface area contributed by atoms with Gasteiger partial charge in [-0.3, -0.25) is 4.79 Å². The van der Waals surface area contributed by atoms with Crippen molar-refractivity contribution in [3.8, 4) is 0 Å². The van der Waals surface area contributed by atoms with Crippen LogP contribution < -0.4 is 11.1 Å². The van der Waals surface area contributed by atoms with Gasteiger partial charge in [-0.2, -0.15) is 0 Å². The summed E-state index contributed by atoms with van der Waals surface area (Å²) in [5.41, 5.74) is 5.41. The molecule has 0 radical (unpaired) electrons. The fourth-order valence-electron chi connectivity index (χ4n) is 0.828. The summed E-state index contributed by atoms with van der Waals surface area (Å²) in [7, 11) is 0. The number of nitrogens with two attached hydrogens (primary N) is 1. The Morgan fingerprint density at radius 2 is 2.15 bits per heavy atom. The molecule has 1 atom stereocenters. The highest BCUT2D eigenvalue weighted by Gasteiger charge is 2.13. The molecule has 0 rings (SSSR count). The van der Waals surface area contributed by atoms with Crippen LogP contribution in [0.2, 0.25) is 0 Å². The second-order valence-corrected chi connectivity index (χ2v) is 4.14. The highest BCUT2D eigenvalue weighted by Crippen LogP contribution is 2.06. The van der Waals surface area contributed by atoms with Crippen LogP contribution in [0.4, 0.5) is 0 Å². The van der Waals surface area contributed by atoms with Gasteiger partial charge in [-0.05, 0) is 27.2 Å². The first-order chi connectivity index (χ1) is 5.85. The average molecular weight is 188 g/mol. The number of rotatable bonds is 5. The third-order valence-corrected chi connectivity index (χ3v) is 1.68. The van der Waals surface area contributed by atoms with Crippen LogP contribution >= 0.6 is 0 Å². The molecule has 0 aromatic heterocycles. The smallest absolute Gasteiger partial charge is 0.220 e. The first-order valence-corrected chi connectivity index (χ1v) is 4.54. The maximum Gasteiger partial charge on any atom is 0.220 e. The number of carbonyl (C=O) groups is 1. The Labute approximate surface area is 79.5 Å². The van der Waals surface area contributed by atoms with Gasteiger partial charge in [-0.15, -0.1) is 0 Å². The predicted molar refractivity (Wildman–Crippen MR) is 52.2 cm³/mol. The van der Waals surface area contributed by atoms with Crippen LogP contribution in [0.15, 0.2) is 0 Å². The van der Waals surface area contributed by atoms with Gasteiger partial charge in [0.1, 0.15) is 0 Å². The Morgan fingerprint density at radius 1 is 1.62 bits per heavy atom. The van der Waals surface area contributed by atoms with E-state index in [-0.39, 0.29) is 24.1 Å². The number of carbonyl (C=O) groups excluding carboxylic acids is 1. The zero-order valence-electron chi connectivity index (χ0n) is 8.63. The third-order valence-electron chi connectivity index (χ3n) is 1.68. The number of amides is 1. The van der Waals surface area contributed by atoms with E-state index in [1.807, 2.05) is 13.8 Å². The Hall–Kier alpha value is -0.610. The first kappa shape index (κ1) is 12.4. The lowest BCUT2D eigenvalue weighted by Gasteiger charge is -2.18. The van der Waals surface area contributed by atoms with E-state index < -0.39 is 0 Å². The van der Waals surface area contributed by atoms with E-state index in [0.29, 0.717) is 12.8 Å². The second kappa shape index (κ2) is 5.19. The lowest BCUT2D eigenvalue weighted by Crippen LogP contribution is -2.38. The van der Waals surface area contributed by atoms with Gasteiger partial charge in [-0.1, -0.05) is 0 Å². The lowest BCUT2D eigenvalue weighted by molar-refractivity contribution is -0.122. The van der Waals surface area contributed by atoms with Crippen molar-refractivity contribution in [1.29, 1.82) is 0 Å². The molecule has 0 aromatic rings. The van der Waals surface area contributed by atoms with Crippen molar-refractivity contribution in [2.45, 2.75) is 45.2 Å². The van der Waals surface area contributed by atoms with E-state index in [0.717, 1.165) is 0 Å². The average Bonchev–Trinajstić information content (AvgIpc) is 1.99. The number of nitrogens with one attached hydrogen (secondary N) is 1. The highest BCUT2D eigenvalue weighted by atomic mass is 16.3. The van der Waals surface area contributed by atoms with Gasteiger partial charge in [0.25, 0.3) is 0 Å². The Bertz CT molecular complexity index is 163. The van der Waals surface area contributed by atoms with Gasteiger partial charge < -0.3 is 16.2 Å². The van der Waals surface area contributed by atoms with Crippen molar-refractivity contribution in [2.24, 2.45) is 5.73 Å². The van der Waals surface area contributed by atoms with E-state index in [2.05, 4.69) is 5.32 Å². The standard InChI is InChI=1S/C9H20N2O2/c1-7(6-12)11-8(13)4-5-9(2,3)10/h7,12H,4-6,10H2,1-3H3,(H,11,13)/t7-/m0/s1. The van der Waals surface area contributed by atoms with Gasteiger partial charge in [0.05, 0.1) is 6.61 Å². The summed E-state index contributed by atoms with van der Waals surface area (Å²) in [4.78, 5) is 11.2. The zero-order chi connectivity index (χ0) is 10.5. The molecular formula is C9H20N2O2. The second-order valence-electron chi connectivity index (χ2n) is 4.14. The fraction of sp³-hybridized carbons (Fsp3) is 0.889. The van der Waals surface area contributed by atoms with Crippen LogP contribution in [0.3, 0.4) is 0 Å². The molecule has 0 saturated carbocycles. The molecule has 0 bridgehead atoms. The predicted octanol–water partition coefficient (Wildman–Crippen LogP) is 0.000900. The van der Waals surface area contributed by atoms with Crippen molar-refractivity contribution in [2.75, 3.05) is 6.61 Å². The molecule has 0 heterocycles. The largest absolute Gasteiger partial charge is 0.394 e. The molecule has 0 fully saturated rings. The summed E-state index contributed by atoms with van der Waals surface area (Å²) >= 11 is 0. The van der Waals surface area contributed by atoms with E-state index in [1.54, 1.807) is 6.92 Å². The van der Waals surface area contributed by atoms with Crippen LogP contribution in [0.25, 0.3) is 0 Å². The summed E-state index contributed by atoms with van der Waals surface area (Å²) in [6.07, 6.45) is 1.06. The topological polar surface area (TPSA) is 75.3 Å². The normalized spacial score (nSPS) is 13.9. The number of aliphatic hydroxyl groups is 1. The molecule has 0 aliphatic rings. The number of hydrogen-bond donors (Lipinski definition) is 3. The van der Waals surface area contributed by atoms with Crippen LogP contribution in [0.1, 0.15) is 33.6 Å². The minimum Gasteiger partial charge on any atom is -0.394 e. The number of hydrogen-bond acceptors (Lipinski definition) is 3.